The molecule has 3 heteroatoms. The smallest absolute Gasteiger partial charge is 0.311 e. The van der Waals surface area contributed by atoms with Crippen molar-refractivity contribution in [3.63, 3.8) is 0 Å². The number of rotatable bonds is 2. The van der Waals surface area contributed by atoms with Gasteiger partial charge in [-0.15, -0.1) is 0 Å². The van der Waals surface area contributed by atoms with E-state index in [2.05, 4.69) is 13.8 Å². The summed E-state index contributed by atoms with van der Waals surface area (Å²) in [6, 6.07) is 0. The standard InChI is InChI=1S/C19H32O3/c1-18-10-5-11-19(2,17(20)22-4)16(18)9-7-13-6-8-14(21-3)12-15(13)18/h13-16H,5-12H2,1-4H3/t13?,14?,15?,16?,18?,19-/m0/s1. The summed E-state index contributed by atoms with van der Waals surface area (Å²) >= 11 is 0. The summed E-state index contributed by atoms with van der Waals surface area (Å²) < 4.78 is 10.9. The lowest BCUT2D eigenvalue weighted by Crippen LogP contribution is -2.56. The van der Waals surface area contributed by atoms with Gasteiger partial charge in [0, 0.05) is 7.11 Å². The molecule has 0 N–H and O–H groups in total. The molecule has 3 aliphatic rings. The van der Waals surface area contributed by atoms with Crippen molar-refractivity contribution in [1.82, 2.24) is 0 Å². The molecule has 0 aliphatic heterocycles. The van der Waals surface area contributed by atoms with Crippen LogP contribution in [0.2, 0.25) is 0 Å². The predicted molar refractivity (Wildman–Crippen MR) is 86.4 cm³/mol. The molecule has 0 bridgehead atoms. The molecule has 6 atom stereocenters. The second kappa shape index (κ2) is 5.81. The summed E-state index contributed by atoms with van der Waals surface area (Å²) in [7, 11) is 3.40. The van der Waals surface area contributed by atoms with Gasteiger partial charge in [-0.3, -0.25) is 4.79 Å². The van der Waals surface area contributed by atoms with Gasteiger partial charge < -0.3 is 9.47 Å². The number of fused-ring (bicyclic) bond motifs is 3. The van der Waals surface area contributed by atoms with Gasteiger partial charge in [0.2, 0.25) is 0 Å². The summed E-state index contributed by atoms with van der Waals surface area (Å²) in [6.07, 6.45) is 10.0. The number of methoxy groups -OCH3 is 2. The van der Waals surface area contributed by atoms with Crippen LogP contribution in [0.25, 0.3) is 0 Å². The van der Waals surface area contributed by atoms with Crippen LogP contribution in [0.1, 0.15) is 65.2 Å². The Bertz CT molecular complexity index is 434. The predicted octanol–water partition coefficient (Wildman–Crippen LogP) is 4.20. The van der Waals surface area contributed by atoms with Gasteiger partial charge in [0.15, 0.2) is 0 Å². The highest BCUT2D eigenvalue weighted by atomic mass is 16.5. The Hall–Kier alpha value is -0.570. The van der Waals surface area contributed by atoms with Crippen molar-refractivity contribution < 1.29 is 14.3 Å². The van der Waals surface area contributed by atoms with Crippen LogP contribution in [-0.2, 0) is 14.3 Å². The number of ether oxygens (including phenoxy) is 2. The highest BCUT2D eigenvalue weighted by molar-refractivity contribution is 5.77. The van der Waals surface area contributed by atoms with E-state index in [4.69, 9.17) is 9.47 Å². The molecule has 3 rings (SSSR count). The minimum atomic E-state index is -0.285. The Morgan fingerprint density at radius 3 is 2.45 bits per heavy atom. The molecule has 0 spiro atoms. The van der Waals surface area contributed by atoms with Crippen molar-refractivity contribution in [3.05, 3.63) is 0 Å². The molecular formula is C19H32O3. The Kier molecular flexibility index (Phi) is 4.30. The topological polar surface area (TPSA) is 35.5 Å². The summed E-state index contributed by atoms with van der Waals surface area (Å²) in [5.41, 5.74) is -0.00591. The minimum Gasteiger partial charge on any atom is -0.469 e. The normalized spacial score (nSPS) is 48.2. The Morgan fingerprint density at radius 1 is 1.05 bits per heavy atom. The maximum absolute atomic E-state index is 12.5. The molecule has 0 aromatic heterocycles. The molecule has 0 saturated heterocycles. The molecule has 0 aromatic rings. The van der Waals surface area contributed by atoms with E-state index in [0.717, 1.165) is 18.8 Å². The average Bonchev–Trinajstić information content (AvgIpc) is 2.53. The van der Waals surface area contributed by atoms with Crippen LogP contribution in [0, 0.1) is 28.6 Å². The van der Waals surface area contributed by atoms with Crippen LogP contribution in [0.4, 0.5) is 0 Å². The van der Waals surface area contributed by atoms with Gasteiger partial charge in [-0.25, -0.2) is 0 Å². The zero-order valence-electron chi connectivity index (χ0n) is 14.7. The highest BCUT2D eigenvalue weighted by Crippen LogP contribution is 2.64. The maximum atomic E-state index is 12.5. The molecule has 3 nitrogen and oxygen atoms in total. The molecule has 0 heterocycles. The first kappa shape index (κ1) is 16.3. The molecule has 0 radical (unpaired) electrons. The van der Waals surface area contributed by atoms with E-state index < -0.39 is 0 Å². The zero-order valence-corrected chi connectivity index (χ0v) is 14.7. The first-order chi connectivity index (χ1) is 10.5. The van der Waals surface area contributed by atoms with Crippen LogP contribution >= 0.6 is 0 Å². The first-order valence-corrected chi connectivity index (χ1v) is 9.07. The molecule has 3 fully saturated rings. The van der Waals surface area contributed by atoms with E-state index in [1.54, 1.807) is 7.11 Å². The van der Waals surface area contributed by atoms with Gasteiger partial charge in [0.05, 0.1) is 18.6 Å². The molecule has 3 saturated carbocycles. The van der Waals surface area contributed by atoms with Crippen molar-refractivity contribution in [3.8, 4) is 0 Å². The number of esters is 1. The Balaban J connectivity index is 1.91. The zero-order chi connectivity index (χ0) is 16.0. The highest BCUT2D eigenvalue weighted by Gasteiger charge is 2.59. The Morgan fingerprint density at radius 2 is 1.77 bits per heavy atom. The third-order valence-electron chi connectivity index (χ3n) is 7.58. The van der Waals surface area contributed by atoms with Crippen molar-refractivity contribution in [2.24, 2.45) is 28.6 Å². The number of carbonyl (C=O) groups excluding carboxylic acids is 1. The largest absolute Gasteiger partial charge is 0.469 e. The van der Waals surface area contributed by atoms with Crippen molar-refractivity contribution >= 4 is 5.97 Å². The summed E-state index contributed by atoms with van der Waals surface area (Å²) in [4.78, 5) is 12.5. The van der Waals surface area contributed by atoms with Crippen LogP contribution in [0.3, 0.4) is 0 Å². The maximum Gasteiger partial charge on any atom is 0.311 e. The quantitative estimate of drug-likeness (QED) is 0.717. The second-order valence-corrected chi connectivity index (χ2v) is 8.44. The molecular weight excluding hydrogens is 276 g/mol. The first-order valence-electron chi connectivity index (χ1n) is 9.07. The van der Waals surface area contributed by atoms with Gasteiger partial charge in [0.1, 0.15) is 0 Å². The minimum absolute atomic E-state index is 0.0148. The van der Waals surface area contributed by atoms with Crippen molar-refractivity contribution in [2.45, 2.75) is 71.3 Å². The fraction of sp³-hybridized carbons (Fsp3) is 0.947. The molecule has 0 amide bonds. The van der Waals surface area contributed by atoms with Gasteiger partial charge in [-0.2, -0.15) is 0 Å². The SMILES string of the molecule is COC(=O)[C@@]1(C)CCCC2(C)C3CC(OC)CCC3CCC21. The number of hydrogen-bond donors (Lipinski definition) is 0. The monoisotopic (exact) mass is 308 g/mol. The second-order valence-electron chi connectivity index (χ2n) is 8.44. The fourth-order valence-electron chi connectivity index (χ4n) is 6.43. The summed E-state index contributed by atoms with van der Waals surface area (Å²) in [5.74, 6) is 2.04. The third kappa shape index (κ3) is 2.31. The Labute approximate surface area is 135 Å². The number of hydrogen-bond acceptors (Lipinski definition) is 3. The van der Waals surface area contributed by atoms with Crippen LogP contribution < -0.4 is 0 Å². The van der Waals surface area contributed by atoms with Gasteiger partial charge in [-0.1, -0.05) is 13.3 Å². The summed E-state index contributed by atoms with van der Waals surface area (Å²) in [6.45, 7) is 4.63. The third-order valence-corrected chi connectivity index (χ3v) is 7.58. The van der Waals surface area contributed by atoms with E-state index in [0.29, 0.717) is 17.9 Å². The lowest BCUT2D eigenvalue weighted by Gasteiger charge is -2.60. The van der Waals surface area contributed by atoms with Crippen LogP contribution in [0.5, 0.6) is 0 Å². The average molecular weight is 308 g/mol. The van der Waals surface area contributed by atoms with Crippen LogP contribution in [-0.4, -0.2) is 26.3 Å². The van der Waals surface area contributed by atoms with E-state index in [-0.39, 0.29) is 16.8 Å². The molecule has 5 unspecified atom stereocenters. The van der Waals surface area contributed by atoms with E-state index in [1.807, 2.05) is 7.11 Å². The lowest BCUT2D eigenvalue weighted by molar-refractivity contribution is -0.178. The van der Waals surface area contributed by atoms with Gasteiger partial charge in [0.25, 0.3) is 0 Å². The molecule has 126 valence electrons. The van der Waals surface area contributed by atoms with Crippen molar-refractivity contribution in [1.29, 1.82) is 0 Å². The fourth-order valence-corrected chi connectivity index (χ4v) is 6.43. The number of carbonyl (C=O) groups is 1. The van der Waals surface area contributed by atoms with Gasteiger partial charge >= 0.3 is 5.97 Å². The van der Waals surface area contributed by atoms with Crippen LogP contribution in [0.15, 0.2) is 0 Å². The summed E-state index contributed by atoms with van der Waals surface area (Å²) in [5, 5.41) is 0. The van der Waals surface area contributed by atoms with Crippen molar-refractivity contribution in [2.75, 3.05) is 14.2 Å². The van der Waals surface area contributed by atoms with E-state index in [1.165, 1.54) is 38.5 Å². The lowest BCUT2D eigenvalue weighted by atomic mass is 9.44. The van der Waals surface area contributed by atoms with Gasteiger partial charge in [-0.05, 0) is 75.0 Å². The molecule has 3 aliphatic carbocycles. The molecule has 22 heavy (non-hydrogen) atoms. The van der Waals surface area contributed by atoms with E-state index >= 15 is 0 Å². The van der Waals surface area contributed by atoms with E-state index in [9.17, 15) is 4.79 Å². The molecule has 0 aromatic carbocycles.